The van der Waals surface area contributed by atoms with E-state index in [-0.39, 0.29) is 0 Å². The predicted molar refractivity (Wildman–Crippen MR) is 84.7 cm³/mol. The molecule has 108 valence electrons. The van der Waals surface area contributed by atoms with Gasteiger partial charge in [0.1, 0.15) is 12.1 Å². The van der Waals surface area contributed by atoms with Gasteiger partial charge in [0.2, 0.25) is 0 Å². The second-order valence-corrected chi connectivity index (χ2v) is 5.33. The van der Waals surface area contributed by atoms with Gasteiger partial charge in [-0.3, -0.25) is 0 Å². The summed E-state index contributed by atoms with van der Waals surface area (Å²) in [4.78, 5) is 8.60. The van der Waals surface area contributed by atoms with E-state index in [4.69, 9.17) is 4.74 Å². The van der Waals surface area contributed by atoms with Crippen molar-refractivity contribution in [2.24, 2.45) is 0 Å². The Bertz CT molecular complexity index is 741. The van der Waals surface area contributed by atoms with Crippen molar-refractivity contribution in [1.82, 2.24) is 19.7 Å². The molecule has 0 aliphatic rings. The predicted octanol–water partition coefficient (Wildman–Crippen LogP) is 2.64. The fourth-order valence-electron chi connectivity index (χ4n) is 2.03. The largest absolute Gasteiger partial charge is 0.383 e. The second-order valence-electron chi connectivity index (χ2n) is 4.41. The minimum absolute atomic E-state index is 0.617. The summed E-state index contributed by atoms with van der Waals surface area (Å²) < 4.78 is 7.85. The fourth-order valence-corrected chi connectivity index (χ4v) is 2.29. The van der Waals surface area contributed by atoms with Crippen molar-refractivity contribution in [3.63, 3.8) is 0 Å². The average molecular weight is 348 g/mol. The topological polar surface area (TPSA) is 64.9 Å². The number of aromatic nitrogens is 4. The van der Waals surface area contributed by atoms with Crippen LogP contribution in [0, 0.1) is 0 Å². The maximum atomic E-state index is 5.03. The molecule has 0 radical (unpaired) electrons. The Balaban J connectivity index is 1.98. The van der Waals surface area contributed by atoms with E-state index in [0.29, 0.717) is 13.2 Å². The summed E-state index contributed by atoms with van der Waals surface area (Å²) in [5.41, 5.74) is 1.72. The smallest absolute Gasteiger partial charge is 0.168 e. The molecule has 3 rings (SSSR count). The van der Waals surface area contributed by atoms with Gasteiger partial charge in [-0.2, -0.15) is 5.10 Å². The number of ether oxygens (including phenoxy) is 1. The van der Waals surface area contributed by atoms with Crippen LogP contribution in [-0.4, -0.2) is 40.0 Å². The van der Waals surface area contributed by atoms with Gasteiger partial charge >= 0.3 is 0 Å². The Hall–Kier alpha value is -1.99. The van der Waals surface area contributed by atoms with Crippen molar-refractivity contribution >= 4 is 32.8 Å². The maximum Gasteiger partial charge on any atom is 0.168 e. The first-order valence-electron chi connectivity index (χ1n) is 6.47. The molecule has 1 aromatic carbocycles. The van der Waals surface area contributed by atoms with E-state index in [1.165, 1.54) is 6.33 Å². The first-order chi connectivity index (χ1) is 10.3. The zero-order valence-electron chi connectivity index (χ0n) is 11.5. The van der Waals surface area contributed by atoms with Crippen LogP contribution in [0.3, 0.4) is 0 Å². The summed E-state index contributed by atoms with van der Waals surface area (Å²) in [7, 11) is 1.67. The quantitative estimate of drug-likeness (QED) is 0.718. The Morgan fingerprint density at radius 3 is 2.81 bits per heavy atom. The van der Waals surface area contributed by atoms with Gasteiger partial charge in [0.25, 0.3) is 0 Å². The minimum Gasteiger partial charge on any atom is -0.383 e. The summed E-state index contributed by atoms with van der Waals surface area (Å²) in [6.07, 6.45) is 3.31. The lowest BCUT2D eigenvalue weighted by Crippen LogP contribution is -2.09. The summed E-state index contributed by atoms with van der Waals surface area (Å²) in [5, 5.41) is 8.52. The van der Waals surface area contributed by atoms with E-state index >= 15 is 0 Å². The van der Waals surface area contributed by atoms with Crippen LogP contribution < -0.4 is 5.32 Å². The Labute approximate surface area is 130 Å². The third kappa shape index (κ3) is 2.88. The standard InChI is InChI=1S/C14H14BrN5O/c1-21-7-6-16-13-12-8-19-20(14(12)18-9-17-13)11-4-2-10(15)3-5-11/h2-5,8-9H,6-7H2,1H3,(H,16,17,18). The van der Waals surface area contributed by atoms with Gasteiger partial charge < -0.3 is 10.1 Å². The summed E-state index contributed by atoms with van der Waals surface area (Å²) in [5.74, 6) is 0.764. The van der Waals surface area contributed by atoms with Gasteiger partial charge in [0.05, 0.1) is 23.9 Å². The molecule has 0 saturated heterocycles. The van der Waals surface area contributed by atoms with Gasteiger partial charge in [-0.25, -0.2) is 14.6 Å². The van der Waals surface area contributed by atoms with Crippen molar-refractivity contribution < 1.29 is 4.74 Å². The van der Waals surface area contributed by atoms with Crippen LogP contribution in [-0.2, 0) is 4.74 Å². The molecule has 2 heterocycles. The summed E-state index contributed by atoms with van der Waals surface area (Å²) >= 11 is 3.43. The summed E-state index contributed by atoms with van der Waals surface area (Å²) in [6.45, 7) is 1.30. The fraction of sp³-hybridized carbons (Fsp3) is 0.214. The number of rotatable bonds is 5. The van der Waals surface area contributed by atoms with Crippen molar-refractivity contribution in [3.05, 3.63) is 41.3 Å². The number of fused-ring (bicyclic) bond motifs is 1. The van der Waals surface area contributed by atoms with Gasteiger partial charge in [-0.15, -0.1) is 0 Å². The highest BCUT2D eigenvalue weighted by molar-refractivity contribution is 9.10. The number of anilines is 1. The van der Waals surface area contributed by atoms with Crippen molar-refractivity contribution in [3.8, 4) is 5.69 Å². The van der Waals surface area contributed by atoms with E-state index < -0.39 is 0 Å². The van der Waals surface area contributed by atoms with Crippen LogP contribution in [0.2, 0.25) is 0 Å². The van der Waals surface area contributed by atoms with E-state index in [0.717, 1.165) is 27.0 Å². The van der Waals surface area contributed by atoms with Crippen LogP contribution in [0.5, 0.6) is 0 Å². The van der Waals surface area contributed by atoms with E-state index in [1.54, 1.807) is 18.0 Å². The molecule has 0 atom stereocenters. The highest BCUT2D eigenvalue weighted by atomic mass is 79.9. The monoisotopic (exact) mass is 347 g/mol. The molecule has 0 fully saturated rings. The van der Waals surface area contributed by atoms with Crippen molar-refractivity contribution in [1.29, 1.82) is 0 Å². The molecular weight excluding hydrogens is 334 g/mol. The number of halogens is 1. The third-order valence-electron chi connectivity index (χ3n) is 3.04. The zero-order valence-corrected chi connectivity index (χ0v) is 13.0. The van der Waals surface area contributed by atoms with Crippen LogP contribution in [0.25, 0.3) is 16.7 Å². The Kier molecular flexibility index (Phi) is 4.12. The number of benzene rings is 1. The van der Waals surface area contributed by atoms with Gasteiger partial charge in [-0.05, 0) is 24.3 Å². The molecule has 7 heteroatoms. The molecule has 0 aliphatic carbocycles. The molecule has 0 spiro atoms. The van der Waals surface area contributed by atoms with E-state index in [9.17, 15) is 0 Å². The first-order valence-corrected chi connectivity index (χ1v) is 7.26. The molecule has 0 unspecified atom stereocenters. The molecule has 0 saturated carbocycles. The third-order valence-corrected chi connectivity index (χ3v) is 3.56. The van der Waals surface area contributed by atoms with Crippen LogP contribution in [0.1, 0.15) is 0 Å². The molecule has 21 heavy (non-hydrogen) atoms. The Morgan fingerprint density at radius 2 is 2.05 bits per heavy atom. The van der Waals surface area contributed by atoms with Gasteiger partial charge in [0, 0.05) is 18.1 Å². The maximum absolute atomic E-state index is 5.03. The number of nitrogens with zero attached hydrogens (tertiary/aromatic N) is 4. The van der Waals surface area contributed by atoms with Crippen LogP contribution in [0.15, 0.2) is 41.3 Å². The molecule has 0 amide bonds. The lowest BCUT2D eigenvalue weighted by atomic mass is 10.3. The highest BCUT2D eigenvalue weighted by Crippen LogP contribution is 2.22. The van der Waals surface area contributed by atoms with Crippen molar-refractivity contribution in [2.45, 2.75) is 0 Å². The molecule has 1 N–H and O–H groups in total. The van der Waals surface area contributed by atoms with Crippen molar-refractivity contribution in [2.75, 3.05) is 25.6 Å². The molecule has 0 aliphatic heterocycles. The first kappa shape index (κ1) is 14.0. The summed E-state index contributed by atoms with van der Waals surface area (Å²) in [6, 6.07) is 7.91. The number of methoxy groups -OCH3 is 1. The SMILES string of the molecule is COCCNc1ncnc2c1cnn2-c1ccc(Br)cc1. The van der Waals surface area contributed by atoms with Gasteiger partial charge in [0.15, 0.2) is 5.65 Å². The second kappa shape index (κ2) is 6.19. The molecular formula is C14H14BrN5O. The normalized spacial score (nSPS) is 11.0. The molecule has 3 aromatic rings. The molecule has 0 bridgehead atoms. The lowest BCUT2D eigenvalue weighted by Gasteiger charge is -2.06. The number of nitrogens with one attached hydrogen (secondary N) is 1. The highest BCUT2D eigenvalue weighted by Gasteiger charge is 2.10. The molecule has 6 nitrogen and oxygen atoms in total. The lowest BCUT2D eigenvalue weighted by molar-refractivity contribution is 0.210. The van der Waals surface area contributed by atoms with Gasteiger partial charge in [-0.1, -0.05) is 15.9 Å². The van der Waals surface area contributed by atoms with Crippen LogP contribution in [0.4, 0.5) is 5.82 Å². The van der Waals surface area contributed by atoms with Crippen LogP contribution >= 0.6 is 15.9 Å². The van der Waals surface area contributed by atoms with E-state index in [1.807, 2.05) is 24.3 Å². The van der Waals surface area contributed by atoms with E-state index in [2.05, 4.69) is 36.3 Å². The minimum atomic E-state index is 0.617. The Morgan fingerprint density at radius 1 is 1.24 bits per heavy atom. The molecule has 2 aromatic heterocycles. The number of hydrogen-bond donors (Lipinski definition) is 1. The zero-order chi connectivity index (χ0) is 14.7. The number of hydrogen-bond acceptors (Lipinski definition) is 5. The average Bonchev–Trinajstić information content (AvgIpc) is 2.93.